The van der Waals surface area contributed by atoms with Gasteiger partial charge in [-0.3, -0.25) is 0 Å². The predicted molar refractivity (Wildman–Crippen MR) is 105 cm³/mol. The molecule has 1 aromatic rings. The Morgan fingerprint density at radius 3 is 2.65 bits per heavy atom. The van der Waals surface area contributed by atoms with Crippen LogP contribution in [0.4, 0.5) is 0 Å². The van der Waals surface area contributed by atoms with E-state index >= 15 is 0 Å². The third-order valence-electron chi connectivity index (χ3n) is 4.22. The lowest BCUT2D eigenvalue weighted by Gasteiger charge is -2.17. The lowest BCUT2D eigenvalue weighted by atomic mass is 10.0. The van der Waals surface area contributed by atoms with E-state index in [4.69, 9.17) is 4.84 Å². The lowest BCUT2D eigenvalue weighted by Crippen LogP contribution is -2.16. The molecule has 0 amide bonds. The zero-order chi connectivity index (χ0) is 16.5. The Hall–Kier alpha value is -0.610. The molecule has 1 heterocycles. The number of hydrogen-bond donors (Lipinski definition) is 0. The zero-order valence-electron chi connectivity index (χ0n) is 14.6. The van der Waals surface area contributed by atoms with Crippen molar-refractivity contribution in [1.29, 1.82) is 0 Å². The van der Waals surface area contributed by atoms with Crippen molar-refractivity contribution in [2.45, 2.75) is 68.6 Å². The van der Waals surface area contributed by atoms with Gasteiger partial charge in [0.25, 0.3) is 0 Å². The van der Waals surface area contributed by atoms with Crippen LogP contribution in [0, 0.1) is 0 Å². The van der Waals surface area contributed by atoms with Crippen molar-refractivity contribution in [3.63, 3.8) is 0 Å². The fraction of sp³-hybridized carbons (Fsp3) is 0.632. The Bertz CT molecular complexity index is 487. The van der Waals surface area contributed by atoms with Gasteiger partial charge >= 0.3 is 0 Å². The molecule has 128 valence electrons. The van der Waals surface area contributed by atoms with Gasteiger partial charge in [0.2, 0.25) is 0 Å². The van der Waals surface area contributed by atoms with Crippen LogP contribution in [0.15, 0.2) is 34.3 Å². The van der Waals surface area contributed by atoms with E-state index in [0.717, 1.165) is 24.3 Å². The van der Waals surface area contributed by atoms with E-state index in [1.54, 1.807) is 0 Å². The Morgan fingerprint density at radius 2 is 2.00 bits per heavy atom. The number of thioether (sulfide) groups is 2. The summed E-state index contributed by atoms with van der Waals surface area (Å²) in [5.41, 5.74) is 2.32. The normalized spacial score (nSPS) is 18.6. The molecule has 2 unspecified atom stereocenters. The highest BCUT2D eigenvalue weighted by molar-refractivity contribution is 7.99. The summed E-state index contributed by atoms with van der Waals surface area (Å²) in [6.45, 7) is 4.44. The molecule has 1 aliphatic heterocycles. The van der Waals surface area contributed by atoms with Crippen LogP contribution < -0.4 is 0 Å². The molecular formula is C19H29NOS2. The highest BCUT2D eigenvalue weighted by Gasteiger charge is 2.25. The maximum absolute atomic E-state index is 5.71. The van der Waals surface area contributed by atoms with Gasteiger partial charge < -0.3 is 4.84 Å². The first-order chi connectivity index (χ1) is 11.3. The van der Waals surface area contributed by atoms with Crippen molar-refractivity contribution in [3.05, 3.63) is 29.8 Å². The average Bonchev–Trinajstić information content (AvgIpc) is 3.03. The molecule has 4 heteroatoms. The first kappa shape index (κ1) is 18.7. The number of nitrogens with zero attached hydrogens (tertiary/aromatic N) is 1. The second-order valence-electron chi connectivity index (χ2n) is 6.02. The van der Waals surface area contributed by atoms with Crippen LogP contribution in [0.1, 0.15) is 57.9 Å². The van der Waals surface area contributed by atoms with Gasteiger partial charge in [0.15, 0.2) is 0 Å². The van der Waals surface area contributed by atoms with Crippen LogP contribution in [0.2, 0.25) is 0 Å². The van der Waals surface area contributed by atoms with Crippen LogP contribution in [0.25, 0.3) is 0 Å². The fourth-order valence-corrected chi connectivity index (χ4v) is 4.35. The minimum atomic E-state index is 0.258. The third-order valence-corrected chi connectivity index (χ3v) is 6.21. The summed E-state index contributed by atoms with van der Waals surface area (Å²) < 4.78 is 0. The van der Waals surface area contributed by atoms with Crippen molar-refractivity contribution < 1.29 is 4.84 Å². The van der Waals surface area contributed by atoms with E-state index in [-0.39, 0.29) is 6.10 Å². The molecule has 2 atom stereocenters. The molecule has 0 saturated carbocycles. The van der Waals surface area contributed by atoms with Gasteiger partial charge in [-0.1, -0.05) is 50.4 Å². The van der Waals surface area contributed by atoms with Crippen molar-refractivity contribution in [2.24, 2.45) is 5.16 Å². The summed E-state index contributed by atoms with van der Waals surface area (Å²) >= 11 is 3.85. The van der Waals surface area contributed by atoms with Gasteiger partial charge in [-0.15, -0.1) is 11.8 Å². The van der Waals surface area contributed by atoms with Crippen molar-refractivity contribution in [1.82, 2.24) is 0 Å². The van der Waals surface area contributed by atoms with E-state index in [1.165, 1.54) is 36.1 Å². The number of rotatable bonds is 10. The fourth-order valence-electron chi connectivity index (χ4n) is 2.88. The van der Waals surface area contributed by atoms with Crippen LogP contribution in [0.3, 0.4) is 0 Å². The van der Waals surface area contributed by atoms with E-state index in [2.05, 4.69) is 49.5 Å². The summed E-state index contributed by atoms with van der Waals surface area (Å²) in [7, 11) is 0. The predicted octanol–water partition coefficient (Wildman–Crippen LogP) is 5.99. The first-order valence-corrected chi connectivity index (χ1v) is 11.0. The summed E-state index contributed by atoms with van der Waals surface area (Å²) in [6.07, 6.45) is 9.80. The quantitative estimate of drug-likeness (QED) is 0.381. The summed E-state index contributed by atoms with van der Waals surface area (Å²) in [5.74, 6) is 1.11. The molecular weight excluding hydrogens is 322 g/mol. The van der Waals surface area contributed by atoms with Crippen molar-refractivity contribution in [3.8, 4) is 0 Å². The van der Waals surface area contributed by atoms with E-state index in [0.29, 0.717) is 5.25 Å². The maximum atomic E-state index is 5.71. The standard InChI is InChI=1S/C19H29NOS2/c1-4-6-7-8-18(22-3)13-16-14-19(20-21-16)15-9-11-17(12-10-15)23-5-2/h9-12,16,18H,4-8,13-14H2,1-3H3. The van der Waals surface area contributed by atoms with Gasteiger partial charge in [0.05, 0.1) is 5.71 Å². The summed E-state index contributed by atoms with van der Waals surface area (Å²) in [5, 5.41) is 5.05. The lowest BCUT2D eigenvalue weighted by molar-refractivity contribution is 0.0783. The monoisotopic (exact) mass is 351 g/mol. The average molecular weight is 352 g/mol. The molecule has 0 aromatic heterocycles. The molecule has 0 bridgehead atoms. The number of oxime groups is 1. The minimum absolute atomic E-state index is 0.258. The number of unbranched alkanes of at least 4 members (excludes halogenated alkanes) is 2. The first-order valence-electron chi connectivity index (χ1n) is 8.75. The second kappa shape index (κ2) is 10.3. The molecule has 0 fully saturated rings. The summed E-state index contributed by atoms with van der Waals surface area (Å²) in [4.78, 5) is 7.03. The van der Waals surface area contributed by atoms with E-state index in [9.17, 15) is 0 Å². The molecule has 0 N–H and O–H groups in total. The van der Waals surface area contributed by atoms with E-state index < -0.39 is 0 Å². The number of hydrogen-bond acceptors (Lipinski definition) is 4. The van der Waals surface area contributed by atoms with Gasteiger partial charge in [-0.25, -0.2) is 0 Å². The largest absolute Gasteiger partial charge is 0.392 e. The van der Waals surface area contributed by atoms with Gasteiger partial charge in [-0.05, 0) is 42.5 Å². The highest BCUT2D eigenvalue weighted by atomic mass is 32.2. The molecule has 23 heavy (non-hydrogen) atoms. The third kappa shape index (κ3) is 6.07. The van der Waals surface area contributed by atoms with Crippen LogP contribution >= 0.6 is 23.5 Å². The Morgan fingerprint density at radius 1 is 1.22 bits per heavy atom. The SMILES string of the molecule is CCCCCC(CC1CC(c2ccc(SCC)cc2)=NO1)SC. The topological polar surface area (TPSA) is 21.6 Å². The molecule has 0 spiro atoms. The highest BCUT2D eigenvalue weighted by Crippen LogP contribution is 2.27. The second-order valence-corrected chi connectivity index (χ2v) is 8.49. The molecule has 2 rings (SSSR count). The molecule has 0 aliphatic carbocycles. The van der Waals surface area contributed by atoms with Gasteiger partial charge in [0, 0.05) is 16.6 Å². The van der Waals surface area contributed by atoms with Crippen molar-refractivity contribution in [2.75, 3.05) is 12.0 Å². The summed E-state index contributed by atoms with van der Waals surface area (Å²) in [6, 6.07) is 8.73. The van der Waals surface area contributed by atoms with Gasteiger partial charge in [0.1, 0.15) is 6.10 Å². The zero-order valence-corrected chi connectivity index (χ0v) is 16.2. The Labute approximate surface area is 149 Å². The molecule has 0 saturated heterocycles. The molecule has 1 aromatic carbocycles. The smallest absolute Gasteiger partial charge is 0.134 e. The van der Waals surface area contributed by atoms with Crippen LogP contribution in [-0.2, 0) is 4.84 Å². The van der Waals surface area contributed by atoms with Gasteiger partial charge in [-0.2, -0.15) is 11.8 Å². The Balaban J connectivity index is 1.82. The molecule has 2 nitrogen and oxygen atoms in total. The Kier molecular flexibility index (Phi) is 8.38. The van der Waals surface area contributed by atoms with Crippen LogP contribution in [-0.4, -0.2) is 29.1 Å². The minimum Gasteiger partial charge on any atom is -0.392 e. The van der Waals surface area contributed by atoms with Crippen molar-refractivity contribution >= 4 is 29.2 Å². The number of benzene rings is 1. The van der Waals surface area contributed by atoms with E-state index in [1.807, 2.05) is 23.5 Å². The molecule has 1 aliphatic rings. The maximum Gasteiger partial charge on any atom is 0.134 e. The molecule has 0 radical (unpaired) electrons. The van der Waals surface area contributed by atoms with Crippen LogP contribution in [0.5, 0.6) is 0 Å².